The van der Waals surface area contributed by atoms with Crippen LogP contribution in [0.2, 0.25) is 0 Å². The molecule has 0 saturated carbocycles. The van der Waals surface area contributed by atoms with Gasteiger partial charge >= 0.3 is 6.09 Å². The predicted octanol–water partition coefficient (Wildman–Crippen LogP) is 3.74. The Labute approximate surface area is 110 Å². The van der Waals surface area contributed by atoms with Crippen LogP contribution in [0.1, 0.15) is 38.7 Å². The van der Waals surface area contributed by atoms with Crippen molar-refractivity contribution in [2.75, 3.05) is 6.54 Å². The number of alkyl carbamates (subject to hydrolysis) is 1. The first-order valence-corrected chi connectivity index (χ1v) is 6.70. The van der Waals surface area contributed by atoms with Gasteiger partial charge in [0.05, 0.1) is 0 Å². The number of carbonyl (C=O) groups is 1. The first-order chi connectivity index (χ1) is 8.76. The van der Waals surface area contributed by atoms with Crippen molar-refractivity contribution in [2.24, 2.45) is 5.92 Å². The minimum absolute atomic E-state index is 0.329. The van der Waals surface area contributed by atoms with E-state index in [0.29, 0.717) is 19.1 Å². The Hall–Kier alpha value is -1.51. The van der Waals surface area contributed by atoms with Crippen LogP contribution in [0, 0.1) is 5.92 Å². The highest BCUT2D eigenvalue weighted by atomic mass is 16.5. The Morgan fingerprint density at radius 3 is 2.50 bits per heavy atom. The van der Waals surface area contributed by atoms with Gasteiger partial charge in [-0.2, -0.15) is 0 Å². The van der Waals surface area contributed by atoms with E-state index in [1.165, 1.54) is 0 Å². The zero-order valence-corrected chi connectivity index (χ0v) is 11.3. The van der Waals surface area contributed by atoms with E-state index in [1.54, 1.807) is 0 Å². The first kappa shape index (κ1) is 14.6. The molecule has 1 aromatic carbocycles. The Morgan fingerprint density at radius 2 is 1.89 bits per heavy atom. The Morgan fingerprint density at radius 1 is 1.22 bits per heavy atom. The lowest BCUT2D eigenvalue weighted by molar-refractivity contribution is 0.139. The van der Waals surface area contributed by atoms with Crippen molar-refractivity contribution in [3.05, 3.63) is 35.9 Å². The molecule has 0 atom stereocenters. The summed E-state index contributed by atoms with van der Waals surface area (Å²) in [6.45, 7) is 5.39. The molecule has 100 valence electrons. The molecule has 0 bridgehead atoms. The van der Waals surface area contributed by atoms with Gasteiger partial charge in [-0.3, -0.25) is 0 Å². The molecule has 0 aromatic heterocycles. The average molecular weight is 249 g/mol. The third-order valence-corrected chi connectivity index (χ3v) is 3.19. The van der Waals surface area contributed by atoms with E-state index in [0.717, 1.165) is 24.8 Å². The van der Waals surface area contributed by atoms with Crippen molar-refractivity contribution in [1.29, 1.82) is 0 Å². The maximum Gasteiger partial charge on any atom is 0.407 e. The molecule has 1 N–H and O–H groups in total. The van der Waals surface area contributed by atoms with Gasteiger partial charge in [-0.05, 0) is 17.9 Å². The molecule has 1 aromatic rings. The molecule has 0 aliphatic rings. The molecular formula is C15H23NO2. The van der Waals surface area contributed by atoms with Crippen LogP contribution in [0.4, 0.5) is 4.79 Å². The van der Waals surface area contributed by atoms with E-state index in [4.69, 9.17) is 4.74 Å². The van der Waals surface area contributed by atoms with Crippen LogP contribution in [-0.4, -0.2) is 12.6 Å². The summed E-state index contributed by atoms with van der Waals surface area (Å²) in [6, 6.07) is 9.70. The third-order valence-electron chi connectivity index (χ3n) is 3.19. The highest BCUT2D eigenvalue weighted by Crippen LogP contribution is 2.11. The summed E-state index contributed by atoms with van der Waals surface area (Å²) in [5.41, 5.74) is 1.01. The van der Waals surface area contributed by atoms with Crippen LogP contribution in [0.25, 0.3) is 0 Å². The zero-order valence-electron chi connectivity index (χ0n) is 11.3. The summed E-state index contributed by atoms with van der Waals surface area (Å²) in [4.78, 5) is 11.4. The summed E-state index contributed by atoms with van der Waals surface area (Å²) in [7, 11) is 0. The number of carbonyl (C=O) groups excluding carboxylic acids is 1. The monoisotopic (exact) mass is 249 g/mol. The van der Waals surface area contributed by atoms with Gasteiger partial charge in [0.2, 0.25) is 0 Å². The molecule has 0 fully saturated rings. The standard InChI is InChI=1S/C15H23NO2/c1-3-13(4-2)10-11-16-15(17)18-12-14-8-6-5-7-9-14/h5-9,13H,3-4,10-12H2,1-2H3,(H,16,17). The fourth-order valence-corrected chi connectivity index (χ4v) is 1.85. The Balaban J connectivity index is 2.14. The van der Waals surface area contributed by atoms with Gasteiger partial charge in [0.1, 0.15) is 6.61 Å². The van der Waals surface area contributed by atoms with Gasteiger partial charge < -0.3 is 10.1 Å². The quantitative estimate of drug-likeness (QED) is 0.799. The number of amides is 1. The van der Waals surface area contributed by atoms with Crippen LogP contribution in [0.15, 0.2) is 30.3 Å². The van der Waals surface area contributed by atoms with Crippen molar-refractivity contribution in [1.82, 2.24) is 5.32 Å². The number of benzene rings is 1. The average Bonchev–Trinajstić information content (AvgIpc) is 2.42. The number of nitrogens with one attached hydrogen (secondary N) is 1. The van der Waals surface area contributed by atoms with Gasteiger partial charge in [0.15, 0.2) is 0 Å². The molecule has 0 aliphatic carbocycles. The molecule has 3 nitrogen and oxygen atoms in total. The highest BCUT2D eigenvalue weighted by Gasteiger charge is 2.05. The normalized spacial score (nSPS) is 10.4. The minimum Gasteiger partial charge on any atom is -0.445 e. The Bertz CT molecular complexity index is 334. The van der Waals surface area contributed by atoms with Gasteiger partial charge in [-0.25, -0.2) is 4.79 Å². The number of hydrogen-bond acceptors (Lipinski definition) is 2. The summed E-state index contributed by atoms with van der Waals surface area (Å²) in [6.07, 6.45) is 3.02. The molecule has 0 radical (unpaired) electrons. The molecular weight excluding hydrogens is 226 g/mol. The fourth-order valence-electron chi connectivity index (χ4n) is 1.85. The molecule has 0 saturated heterocycles. The van der Waals surface area contributed by atoms with Crippen molar-refractivity contribution < 1.29 is 9.53 Å². The van der Waals surface area contributed by atoms with Gasteiger partial charge in [-0.15, -0.1) is 0 Å². The summed E-state index contributed by atoms with van der Waals surface area (Å²) in [5, 5.41) is 2.79. The van der Waals surface area contributed by atoms with E-state index in [9.17, 15) is 4.79 Å². The third kappa shape index (κ3) is 5.71. The molecule has 0 unspecified atom stereocenters. The van der Waals surface area contributed by atoms with Crippen LogP contribution in [-0.2, 0) is 11.3 Å². The van der Waals surface area contributed by atoms with Gasteiger partial charge in [-0.1, -0.05) is 57.0 Å². The number of ether oxygens (including phenoxy) is 1. The molecule has 3 heteroatoms. The van der Waals surface area contributed by atoms with Crippen LogP contribution in [0.5, 0.6) is 0 Å². The Kier molecular flexibility index (Phi) is 6.92. The van der Waals surface area contributed by atoms with Crippen molar-refractivity contribution in [3.8, 4) is 0 Å². The second-order valence-corrected chi connectivity index (χ2v) is 4.46. The topological polar surface area (TPSA) is 38.3 Å². The molecule has 1 rings (SSSR count). The lowest BCUT2D eigenvalue weighted by atomic mass is 10.00. The second-order valence-electron chi connectivity index (χ2n) is 4.46. The maximum atomic E-state index is 11.4. The smallest absolute Gasteiger partial charge is 0.407 e. The summed E-state index contributed by atoms with van der Waals surface area (Å²) >= 11 is 0. The summed E-state index contributed by atoms with van der Waals surface area (Å²) < 4.78 is 5.13. The van der Waals surface area contributed by atoms with E-state index in [2.05, 4.69) is 19.2 Å². The lowest BCUT2D eigenvalue weighted by Crippen LogP contribution is -2.26. The van der Waals surface area contributed by atoms with Crippen molar-refractivity contribution in [2.45, 2.75) is 39.7 Å². The highest BCUT2D eigenvalue weighted by molar-refractivity contribution is 5.67. The number of hydrogen-bond donors (Lipinski definition) is 1. The van der Waals surface area contributed by atoms with E-state index >= 15 is 0 Å². The summed E-state index contributed by atoms with van der Waals surface area (Å²) in [5.74, 6) is 0.694. The zero-order chi connectivity index (χ0) is 13.2. The van der Waals surface area contributed by atoms with E-state index in [-0.39, 0.29) is 6.09 Å². The van der Waals surface area contributed by atoms with Crippen molar-refractivity contribution in [3.63, 3.8) is 0 Å². The largest absolute Gasteiger partial charge is 0.445 e. The van der Waals surface area contributed by atoms with E-state index < -0.39 is 0 Å². The minimum atomic E-state index is -0.329. The lowest BCUT2D eigenvalue weighted by Gasteiger charge is -2.12. The first-order valence-electron chi connectivity index (χ1n) is 6.70. The molecule has 18 heavy (non-hydrogen) atoms. The molecule has 0 spiro atoms. The fraction of sp³-hybridized carbons (Fsp3) is 0.533. The second kappa shape index (κ2) is 8.56. The van der Waals surface area contributed by atoms with Gasteiger partial charge in [0, 0.05) is 6.54 Å². The van der Waals surface area contributed by atoms with Crippen LogP contribution >= 0.6 is 0 Å². The maximum absolute atomic E-state index is 11.4. The van der Waals surface area contributed by atoms with Gasteiger partial charge in [0.25, 0.3) is 0 Å². The van der Waals surface area contributed by atoms with E-state index in [1.807, 2.05) is 30.3 Å². The molecule has 0 heterocycles. The number of rotatable bonds is 7. The van der Waals surface area contributed by atoms with Crippen LogP contribution in [0.3, 0.4) is 0 Å². The van der Waals surface area contributed by atoms with Crippen LogP contribution < -0.4 is 5.32 Å². The molecule has 1 amide bonds. The van der Waals surface area contributed by atoms with Crippen molar-refractivity contribution >= 4 is 6.09 Å². The predicted molar refractivity (Wildman–Crippen MR) is 73.3 cm³/mol. The molecule has 0 aliphatic heterocycles. The SMILES string of the molecule is CCC(CC)CCNC(=O)OCc1ccccc1.